The van der Waals surface area contributed by atoms with E-state index in [1.54, 1.807) is 24.3 Å². The zero-order valence-electron chi connectivity index (χ0n) is 14.3. The number of phenolic OH excluding ortho intramolecular Hbond substituents is 1. The van der Waals surface area contributed by atoms with Gasteiger partial charge in [-0.2, -0.15) is 0 Å². The Balaban J connectivity index is 2.07. The Morgan fingerprint density at radius 1 is 0.963 bits per heavy atom. The lowest BCUT2D eigenvalue weighted by Crippen LogP contribution is -2.54. The summed E-state index contributed by atoms with van der Waals surface area (Å²) in [6.45, 7) is 3.73. The van der Waals surface area contributed by atoms with Crippen LogP contribution in [0.1, 0.15) is 16.7 Å². The van der Waals surface area contributed by atoms with Gasteiger partial charge >= 0.3 is 6.03 Å². The summed E-state index contributed by atoms with van der Waals surface area (Å²) in [7, 11) is 0. The number of benzene rings is 2. The first-order valence-electron chi connectivity index (χ1n) is 7.85. The standard InChI is InChI=1S/C19H14I2N2O4/c1-9-3-10(2)5-12(4-9)23-18(26)13(17(25)22-19(23)27)6-11-7-14(20)16(24)15(21)8-11/h3-8,24H,1-2H3,(H,22,25,27)/b13-6+. The molecule has 0 spiro atoms. The van der Waals surface area contributed by atoms with Crippen molar-refractivity contribution in [3.8, 4) is 5.75 Å². The Bertz CT molecular complexity index is 987. The molecule has 2 aromatic rings. The summed E-state index contributed by atoms with van der Waals surface area (Å²) in [4.78, 5) is 38.5. The minimum absolute atomic E-state index is 0.143. The van der Waals surface area contributed by atoms with Crippen LogP contribution >= 0.6 is 45.2 Å². The molecule has 4 amide bonds. The molecule has 6 nitrogen and oxygen atoms in total. The Labute approximate surface area is 182 Å². The highest BCUT2D eigenvalue weighted by molar-refractivity contribution is 14.1. The van der Waals surface area contributed by atoms with E-state index in [2.05, 4.69) is 5.32 Å². The van der Waals surface area contributed by atoms with Crippen molar-refractivity contribution in [1.29, 1.82) is 0 Å². The molecule has 0 unspecified atom stereocenters. The van der Waals surface area contributed by atoms with Gasteiger partial charge in [-0.1, -0.05) is 6.07 Å². The molecule has 0 atom stereocenters. The summed E-state index contributed by atoms with van der Waals surface area (Å²) >= 11 is 3.94. The molecule has 1 saturated heterocycles. The quantitative estimate of drug-likeness (QED) is 0.317. The number of anilines is 1. The number of amides is 4. The van der Waals surface area contributed by atoms with Gasteiger partial charge in [-0.25, -0.2) is 9.69 Å². The molecular weight excluding hydrogens is 574 g/mol. The number of phenols is 1. The summed E-state index contributed by atoms with van der Waals surface area (Å²) in [5, 5.41) is 12.1. The highest BCUT2D eigenvalue weighted by atomic mass is 127. The van der Waals surface area contributed by atoms with Crippen LogP contribution in [0.2, 0.25) is 0 Å². The zero-order valence-corrected chi connectivity index (χ0v) is 18.7. The van der Waals surface area contributed by atoms with Crippen molar-refractivity contribution < 1.29 is 19.5 Å². The molecule has 2 aromatic carbocycles. The molecule has 1 heterocycles. The molecule has 1 fully saturated rings. The molecule has 0 aliphatic carbocycles. The number of hydrogen-bond donors (Lipinski definition) is 2. The fourth-order valence-electron chi connectivity index (χ4n) is 2.81. The smallest absolute Gasteiger partial charge is 0.335 e. The van der Waals surface area contributed by atoms with E-state index in [0.29, 0.717) is 18.4 Å². The van der Waals surface area contributed by atoms with Gasteiger partial charge in [-0.05, 0) is 106 Å². The van der Waals surface area contributed by atoms with Crippen molar-refractivity contribution in [1.82, 2.24) is 5.32 Å². The van der Waals surface area contributed by atoms with Crippen LogP contribution in [0.3, 0.4) is 0 Å². The molecule has 0 radical (unpaired) electrons. The van der Waals surface area contributed by atoms with Crippen LogP contribution in [-0.2, 0) is 9.59 Å². The number of carbonyl (C=O) groups excluding carboxylic acids is 3. The van der Waals surface area contributed by atoms with Gasteiger partial charge in [-0.3, -0.25) is 14.9 Å². The van der Waals surface area contributed by atoms with Gasteiger partial charge < -0.3 is 5.11 Å². The Hall–Kier alpha value is -1.95. The third kappa shape index (κ3) is 4.00. The topological polar surface area (TPSA) is 86.7 Å². The van der Waals surface area contributed by atoms with Gasteiger partial charge in [0, 0.05) is 0 Å². The van der Waals surface area contributed by atoms with Crippen LogP contribution in [0.15, 0.2) is 35.9 Å². The fraction of sp³-hybridized carbons (Fsp3) is 0.105. The maximum absolute atomic E-state index is 12.9. The number of carbonyl (C=O) groups is 3. The van der Waals surface area contributed by atoms with E-state index >= 15 is 0 Å². The van der Waals surface area contributed by atoms with Crippen molar-refractivity contribution in [2.24, 2.45) is 0 Å². The highest BCUT2D eigenvalue weighted by Crippen LogP contribution is 2.29. The Morgan fingerprint density at radius 3 is 2.07 bits per heavy atom. The van der Waals surface area contributed by atoms with Crippen molar-refractivity contribution in [3.63, 3.8) is 0 Å². The number of rotatable bonds is 2. The number of nitrogens with zero attached hydrogens (tertiary/aromatic N) is 1. The first kappa shape index (κ1) is 19.8. The van der Waals surface area contributed by atoms with Crippen LogP contribution in [-0.4, -0.2) is 23.0 Å². The molecule has 3 rings (SSSR count). The van der Waals surface area contributed by atoms with Crippen molar-refractivity contribution in [2.75, 3.05) is 4.90 Å². The van der Waals surface area contributed by atoms with Gasteiger partial charge in [0.05, 0.1) is 12.8 Å². The number of aryl methyl sites for hydroxylation is 2. The highest BCUT2D eigenvalue weighted by Gasteiger charge is 2.37. The summed E-state index contributed by atoms with van der Waals surface area (Å²) in [6.07, 6.45) is 1.42. The number of halogens is 2. The number of barbiturate groups is 1. The lowest BCUT2D eigenvalue weighted by molar-refractivity contribution is -0.122. The fourth-order valence-corrected chi connectivity index (χ4v) is 4.62. The molecule has 1 aliphatic rings. The molecule has 0 bridgehead atoms. The molecule has 0 saturated carbocycles. The average Bonchev–Trinajstić information content (AvgIpc) is 2.55. The second-order valence-corrected chi connectivity index (χ2v) is 8.46. The minimum atomic E-state index is -0.776. The molecular formula is C19H14I2N2O4. The van der Waals surface area contributed by atoms with E-state index in [4.69, 9.17) is 0 Å². The number of nitrogens with one attached hydrogen (secondary N) is 1. The third-order valence-electron chi connectivity index (χ3n) is 3.92. The normalized spacial score (nSPS) is 16.1. The minimum Gasteiger partial charge on any atom is -0.506 e. The molecule has 0 aromatic heterocycles. The summed E-state index contributed by atoms with van der Waals surface area (Å²) < 4.78 is 1.19. The van der Waals surface area contributed by atoms with Gasteiger partial charge in [0.2, 0.25) is 0 Å². The monoisotopic (exact) mass is 588 g/mol. The number of aromatic hydroxyl groups is 1. The number of urea groups is 1. The maximum Gasteiger partial charge on any atom is 0.335 e. The van der Waals surface area contributed by atoms with E-state index in [-0.39, 0.29) is 11.3 Å². The van der Waals surface area contributed by atoms with Crippen LogP contribution in [0.5, 0.6) is 5.75 Å². The number of hydrogen-bond acceptors (Lipinski definition) is 4. The second kappa shape index (κ2) is 7.58. The van der Waals surface area contributed by atoms with Crippen molar-refractivity contribution in [2.45, 2.75) is 13.8 Å². The van der Waals surface area contributed by atoms with Crippen molar-refractivity contribution in [3.05, 3.63) is 59.7 Å². The lowest BCUT2D eigenvalue weighted by atomic mass is 10.1. The summed E-state index contributed by atoms with van der Waals surface area (Å²) in [6, 6.07) is 7.89. The van der Waals surface area contributed by atoms with Gasteiger partial charge in [0.25, 0.3) is 11.8 Å². The summed E-state index contributed by atoms with van der Waals surface area (Å²) in [5.41, 5.74) is 2.63. The van der Waals surface area contributed by atoms with Gasteiger partial charge in [0.15, 0.2) is 0 Å². The van der Waals surface area contributed by atoms with Crippen LogP contribution in [0.4, 0.5) is 10.5 Å². The largest absolute Gasteiger partial charge is 0.506 e. The van der Waals surface area contributed by atoms with E-state index in [1.165, 1.54) is 6.08 Å². The zero-order chi connectivity index (χ0) is 19.9. The number of imide groups is 2. The Morgan fingerprint density at radius 2 is 1.52 bits per heavy atom. The SMILES string of the molecule is Cc1cc(C)cc(N2C(=O)NC(=O)/C(=C\c3cc(I)c(O)c(I)c3)C2=O)c1. The Kier molecular flexibility index (Phi) is 5.56. The maximum atomic E-state index is 12.9. The molecule has 2 N–H and O–H groups in total. The van der Waals surface area contributed by atoms with E-state index < -0.39 is 17.8 Å². The molecule has 27 heavy (non-hydrogen) atoms. The summed E-state index contributed by atoms with van der Waals surface area (Å²) in [5.74, 6) is -1.29. The molecule has 1 aliphatic heterocycles. The molecule has 8 heteroatoms. The predicted octanol–water partition coefficient (Wildman–Crippen LogP) is 3.88. The van der Waals surface area contributed by atoms with Gasteiger partial charge in [0.1, 0.15) is 11.3 Å². The van der Waals surface area contributed by atoms with Crippen LogP contribution < -0.4 is 10.2 Å². The van der Waals surface area contributed by atoms with Gasteiger partial charge in [-0.15, -0.1) is 0 Å². The predicted molar refractivity (Wildman–Crippen MR) is 118 cm³/mol. The second-order valence-electron chi connectivity index (χ2n) is 6.14. The third-order valence-corrected chi connectivity index (χ3v) is 5.56. The van der Waals surface area contributed by atoms with Crippen LogP contribution in [0.25, 0.3) is 6.08 Å². The molecule has 138 valence electrons. The van der Waals surface area contributed by atoms with E-state index in [1.807, 2.05) is 65.1 Å². The first-order valence-corrected chi connectivity index (χ1v) is 10.0. The average molecular weight is 588 g/mol. The first-order chi connectivity index (χ1) is 12.7. The van der Waals surface area contributed by atoms with Crippen molar-refractivity contribution >= 4 is 74.8 Å². The lowest BCUT2D eigenvalue weighted by Gasteiger charge is -2.27. The van der Waals surface area contributed by atoms with Crippen LogP contribution in [0, 0.1) is 21.0 Å². The van der Waals surface area contributed by atoms with E-state index in [0.717, 1.165) is 16.0 Å². The van der Waals surface area contributed by atoms with E-state index in [9.17, 15) is 19.5 Å².